The number of rotatable bonds is 8. The van der Waals surface area contributed by atoms with E-state index in [1.807, 2.05) is 61.0 Å². The van der Waals surface area contributed by atoms with Gasteiger partial charge in [-0.15, -0.1) is 0 Å². The summed E-state index contributed by atoms with van der Waals surface area (Å²) in [6, 6.07) is 18.1. The van der Waals surface area contributed by atoms with Crippen molar-refractivity contribution in [1.29, 1.82) is 0 Å². The van der Waals surface area contributed by atoms with Crippen molar-refractivity contribution < 1.29 is 9.53 Å². The summed E-state index contributed by atoms with van der Waals surface area (Å²) in [5, 5.41) is 8.80. The van der Waals surface area contributed by atoms with E-state index in [0.717, 1.165) is 44.7 Å². The van der Waals surface area contributed by atoms with Crippen molar-refractivity contribution in [3.8, 4) is 11.6 Å². The minimum absolute atomic E-state index is 0.00739. The van der Waals surface area contributed by atoms with Crippen LogP contribution in [0.5, 0.6) is 5.88 Å². The molecule has 0 saturated heterocycles. The van der Waals surface area contributed by atoms with Crippen molar-refractivity contribution in [3.63, 3.8) is 0 Å². The van der Waals surface area contributed by atoms with Crippen LogP contribution in [-0.4, -0.2) is 27.3 Å². The molecular formula is C27H30N4O2. The summed E-state index contributed by atoms with van der Waals surface area (Å²) >= 11 is 0. The second-order valence-corrected chi connectivity index (χ2v) is 8.25. The summed E-state index contributed by atoms with van der Waals surface area (Å²) in [7, 11) is 0. The lowest BCUT2D eigenvalue weighted by Crippen LogP contribution is -2.23. The maximum Gasteiger partial charge on any atom is 0.220 e. The Morgan fingerprint density at radius 2 is 1.85 bits per heavy atom. The second-order valence-electron chi connectivity index (χ2n) is 8.25. The van der Waals surface area contributed by atoms with Gasteiger partial charge in [-0.1, -0.05) is 42.5 Å². The SMILES string of the molecule is CCOc1nc2c(c(C)nn2-c2cccc(C)c2)c(C)c1CCC(=O)NCc1ccccc1. The van der Waals surface area contributed by atoms with Crippen LogP contribution in [0.15, 0.2) is 54.6 Å². The molecule has 1 amide bonds. The van der Waals surface area contributed by atoms with Crippen LogP contribution in [0.3, 0.4) is 0 Å². The highest BCUT2D eigenvalue weighted by atomic mass is 16.5. The average molecular weight is 443 g/mol. The number of benzene rings is 2. The van der Waals surface area contributed by atoms with Crippen LogP contribution >= 0.6 is 0 Å². The maximum absolute atomic E-state index is 12.5. The molecule has 0 saturated carbocycles. The van der Waals surface area contributed by atoms with Crippen LogP contribution in [0, 0.1) is 20.8 Å². The van der Waals surface area contributed by atoms with E-state index < -0.39 is 0 Å². The van der Waals surface area contributed by atoms with Crippen LogP contribution in [0.2, 0.25) is 0 Å². The summed E-state index contributed by atoms with van der Waals surface area (Å²) in [5.74, 6) is 0.583. The number of nitrogens with one attached hydrogen (secondary N) is 1. The molecule has 2 heterocycles. The van der Waals surface area contributed by atoms with Gasteiger partial charge in [-0.25, -0.2) is 4.68 Å². The van der Waals surface area contributed by atoms with Gasteiger partial charge in [-0.3, -0.25) is 4.79 Å². The van der Waals surface area contributed by atoms with E-state index in [-0.39, 0.29) is 5.91 Å². The predicted molar refractivity (Wildman–Crippen MR) is 131 cm³/mol. The van der Waals surface area contributed by atoms with Gasteiger partial charge >= 0.3 is 0 Å². The Morgan fingerprint density at radius 3 is 2.58 bits per heavy atom. The molecule has 4 aromatic rings. The third kappa shape index (κ3) is 4.90. The lowest BCUT2D eigenvalue weighted by Gasteiger charge is -2.14. The Hall–Kier alpha value is -3.67. The van der Waals surface area contributed by atoms with E-state index in [4.69, 9.17) is 14.8 Å². The zero-order valence-corrected chi connectivity index (χ0v) is 19.7. The predicted octanol–water partition coefficient (Wildman–Crippen LogP) is 4.99. The summed E-state index contributed by atoms with van der Waals surface area (Å²) < 4.78 is 7.81. The van der Waals surface area contributed by atoms with Crippen molar-refractivity contribution >= 4 is 16.9 Å². The number of carbonyl (C=O) groups is 1. The van der Waals surface area contributed by atoms with E-state index in [0.29, 0.717) is 31.9 Å². The number of amides is 1. The van der Waals surface area contributed by atoms with Crippen LogP contribution in [0.1, 0.15) is 41.3 Å². The molecule has 0 spiro atoms. The van der Waals surface area contributed by atoms with Crippen LogP contribution in [0.4, 0.5) is 0 Å². The molecule has 170 valence electrons. The van der Waals surface area contributed by atoms with Gasteiger partial charge in [0.25, 0.3) is 0 Å². The monoisotopic (exact) mass is 442 g/mol. The first-order valence-electron chi connectivity index (χ1n) is 11.4. The van der Waals surface area contributed by atoms with Crippen LogP contribution in [-0.2, 0) is 17.8 Å². The van der Waals surface area contributed by atoms with E-state index in [2.05, 4.69) is 31.3 Å². The third-order valence-corrected chi connectivity index (χ3v) is 5.79. The first kappa shape index (κ1) is 22.5. The Bertz CT molecular complexity index is 1280. The zero-order chi connectivity index (χ0) is 23.4. The molecule has 0 aliphatic carbocycles. The summed E-state index contributed by atoms with van der Waals surface area (Å²) in [6.07, 6.45) is 0.922. The smallest absolute Gasteiger partial charge is 0.220 e. The molecule has 1 N–H and O–H groups in total. The second kappa shape index (κ2) is 9.86. The topological polar surface area (TPSA) is 69.0 Å². The van der Waals surface area contributed by atoms with E-state index in [1.165, 1.54) is 0 Å². The molecule has 2 aromatic heterocycles. The number of nitrogens with zero attached hydrogens (tertiary/aromatic N) is 3. The van der Waals surface area contributed by atoms with Crippen molar-refractivity contribution in [2.75, 3.05) is 6.61 Å². The molecule has 0 aliphatic rings. The largest absolute Gasteiger partial charge is 0.478 e. The van der Waals surface area contributed by atoms with Gasteiger partial charge in [0.2, 0.25) is 11.8 Å². The lowest BCUT2D eigenvalue weighted by atomic mass is 10.0. The van der Waals surface area contributed by atoms with Crippen molar-refractivity contribution in [2.45, 2.75) is 47.1 Å². The minimum Gasteiger partial charge on any atom is -0.478 e. The molecule has 6 heteroatoms. The summed E-state index contributed by atoms with van der Waals surface area (Å²) in [5.41, 5.74) is 6.93. The quantitative estimate of drug-likeness (QED) is 0.417. The van der Waals surface area contributed by atoms with Gasteiger partial charge < -0.3 is 10.1 Å². The fourth-order valence-corrected chi connectivity index (χ4v) is 4.15. The summed E-state index contributed by atoms with van der Waals surface area (Å²) in [4.78, 5) is 17.4. The highest BCUT2D eigenvalue weighted by molar-refractivity contribution is 5.86. The van der Waals surface area contributed by atoms with Gasteiger partial charge in [-0.2, -0.15) is 10.1 Å². The van der Waals surface area contributed by atoms with Gasteiger partial charge in [0.15, 0.2) is 5.65 Å². The van der Waals surface area contributed by atoms with Gasteiger partial charge in [0, 0.05) is 23.9 Å². The van der Waals surface area contributed by atoms with E-state index in [9.17, 15) is 4.79 Å². The molecule has 0 unspecified atom stereocenters. The van der Waals surface area contributed by atoms with Crippen LogP contribution < -0.4 is 10.1 Å². The zero-order valence-electron chi connectivity index (χ0n) is 19.7. The lowest BCUT2D eigenvalue weighted by molar-refractivity contribution is -0.121. The maximum atomic E-state index is 12.5. The highest BCUT2D eigenvalue weighted by Gasteiger charge is 2.20. The average Bonchev–Trinajstić information content (AvgIpc) is 3.14. The Balaban J connectivity index is 1.62. The molecule has 0 atom stereocenters. The standard InChI is InChI=1S/C27H30N4O2/c1-5-33-27-23(14-15-24(32)28-17-21-11-7-6-8-12-21)19(3)25-20(4)30-31(26(25)29-27)22-13-9-10-18(2)16-22/h6-13,16H,5,14-15,17H2,1-4H3,(H,28,32). The molecule has 0 aliphatic heterocycles. The highest BCUT2D eigenvalue weighted by Crippen LogP contribution is 2.32. The number of aryl methyl sites for hydroxylation is 3. The van der Waals surface area contributed by atoms with Crippen LogP contribution in [0.25, 0.3) is 16.7 Å². The Labute approximate surface area is 194 Å². The molecule has 0 fully saturated rings. The van der Waals surface area contributed by atoms with E-state index in [1.54, 1.807) is 0 Å². The molecule has 4 rings (SSSR count). The molecule has 2 aromatic carbocycles. The third-order valence-electron chi connectivity index (χ3n) is 5.79. The Morgan fingerprint density at radius 1 is 1.06 bits per heavy atom. The first-order valence-corrected chi connectivity index (χ1v) is 11.4. The molecule has 0 bridgehead atoms. The van der Waals surface area contributed by atoms with Crippen molar-refractivity contribution in [2.24, 2.45) is 0 Å². The molecule has 0 radical (unpaired) electrons. The van der Waals surface area contributed by atoms with Crippen molar-refractivity contribution in [3.05, 3.63) is 82.5 Å². The van der Waals surface area contributed by atoms with Gasteiger partial charge in [0.05, 0.1) is 18.0 Å². The molecule has 6 nitrogen and oxygen atoms in total. The normalized spacial score (nSPS) is 11.0. The fraction of sp³-hybridized carbons (Fsp3) is 0.296. The summed E-state index contributed by atoms with van der Waals surface area (Å²) in [6.45, 7) is 9.10. The number of carbonyl (C=O) groups excluding carboxylic acids is 1. The number of ether oxygens (including phenoxy) is 1. The molecule has 33 heavy (non-hydrogen) atoms. The minimum atomic E-state index is 0.00739. The van der Waals surface area contributed by atoms with E-state index >= 15 is 0 Å². The van der Waals surface area contributed by atoms with Crippen molar-refractivity contribution in [1.82, 2.24) is 20.1 Å². The van der Waals surface area contributed by atoms with Gasteiger partial charge in [0.1, 0.15) is 0 Å². The molecular weight excluding hydrogens is 412 g/mol. The number of pyridine rings is 1. The fourth-order valence-electron chi connectivity index (χ4n) is 4.15. The number of aromatic nitrogens is 3. The number of fused-ring (bicyclic) bond motifs is 1. The van der Waals surface area contributed by atoms with Gasteiger partial charge in [-0.05, 0) is 62.9 Å². The Kier molecular flexibility index (Phi) is 6.73. The number of hydrogen-bond acceptors (Lipinski definition) is 4. The first-order chi connectivity index (χ1) is 16.0. The number of hydrogen-bond donors (Lipinski definition) is 1.